The molecule has 0 amide bonds. The third-order valence-corrected chi connectivity index (χ3v) is 3.55. The Morgan fingerprint density at radius 2 is 1.57 bits per heavy atom. The number of carbonyl (C=O) groups excluding carboxylic acids is 1. The van der Waals surface area contributed by atoms with Crippen LogP contribution in [0.4, 0.5) is 0 Å². The Balaban J connectivity index is 2.25. The average molecular weight is 316 g/mol. The van der Waals surface area contributed by atoms with Crippen molar-refractivity contribution in [2.75, 3.05) is 21.3 Å². The minimum Gasteiger partial charge on any atom is -0.493 e. The Morgan fingerprint density at radius 3 is 2.04 bits per heavy atom. The zero-order chi connectivity index (χ0) is 16.8. The van der Waals surface area contributed by atoms with E-state index in [1.54, 1.807) is 36.4 Å². The molecule has 5 nitrogen and oxygen atoms in total. The first-order valence-corrected chi connectivity index (χ1v) is 7.17. The topological polar surface area (TPSA) is 65.0 Å². The number of Topliss-reactive ketones (excluding diaryl/α,β-unsaturated/α-hetero) is 1. The molecular weight excluding hydrogens is 296 g/mol. The summed E-state index contributed by atoms with van der Waals surface area (Å²) in [6, 6.07) is 12.2. The van der Waals surface area contributed by atoms with Crippen LogP contribution in [0.25, 0.3) is 0 Å². The molecule has 2 rings (SSSR count). The van der Waals surface area contributed by atoms with Crippen LogP contribution in [0.3, 0.4) is 0 Å². The van der Waals surface area contributed by atoms with Crippen LogP contribution >= 0.6 is 0 Å². The Hall–Kier alpha value is -2.53. The van der Waals surface area contributed by atoms with Gasteiger partial charge in [-0.05, 0) is 17.7 Å². The van der Waals surface area contributed by atoms with E-state index in [-0.39, 0.29) is 12.2 Å². The number of aliphatic hydroxyl groups excluding tert-OH is 1. The number of ether oxygens (including phenoxy) is 3. The normalized spacial score (nSPS) is 11.7. The number of carbonyl (C=O) groups is 1. The molecule has 0 heterocycles. The van der Waals surface area contributed by atoms with Crippen molar-refractivity contribution in [1.29, 1.82) is 0 Å². The van der Waals surface area contributed by atoms with Crippen molar-refractivity contribution in [3.05, 3.63) is 53.6 Å². The zero-order valence-corrected chi connectivity index (χ0v) is 13.4. The SMILES string of the molecule is COc1cc([C@@H](O)CC(=O)c2ccccc2)cc(OC)c1OC. The van der Waals surface area contributed by atoms with E-state index in [9.17, 15) is 9.90 Å². The van der Waals surface area contributed by atoms with Gasteiger partial charge in [0.1, 0.15) is 0 Å². The standard InChI is InChI=1S/C18H20O5/c1-21-16-9-13(10-17(22-2)18(16)23-3)15(20)11-14(19)12-7-5-4-6-8-12/h4-10,15,20H,11H2,1-3H3/t15-/m0/s1. The van der Waals surface area contributed by atoms with Crippen molar-refractivity contribution in [3.63, 3.8) is 0 Å². The average Bonchev–Trinajstić information content (AvgIpc) is 2.60. The molecule has 0 fully saturated rings. The number of benzene rings is 2. The van der Waals surface area contributed by atoms with Gasteiger partial charge in [0.25, 0.3) is 0 Å². The Labute approximate surface area is 135 Å². The summed E-state index contributed by atoms with van der Waals surface area (Å²) in [6.45, 7) is 0. The van der Waals surface area contributed by atoms with Gasteiger partial charge >= 0.3 is 0 Å². The van der Waals surface area contributed by atoms with E-state index >= 15 is 0 Å². The molecule has 0 spiro atoms. The van der Waals surface area contributed by atoms with E-state index in [1.165, 1.54) is 21.3 Å². The van der Waals surface area contributed by atoms with Gasteiger partial charge in [0, 0.05) is 12.0 Å². The first-order valence-electron chi connectivity index (χ1n) is 7.17. The Morgan fingerprint density at radius 1 is 1.00 bits per heavy atom. The molecule has 0 aliphatic rings. The Bertz CT molecular complexity index is 641. The fourth-order valence-electron chi connectivity index (χ4n) is 2.33. The molecule has 0 radical (unpaired) electrons. The molecule has 2 aromatic rings. The quantitative estimate of drug-likeness (QED) is 0.795. The van der Waals surface area contributed by atoms with Crippen molar-refractivity contribution in [3.8, 4) is 17.2 Å². The lowest BCUT2D eigenvalue weighted by molar-refractivity contribution is 0.0879. The molecular formula is C18H20O5. The van der Waals surface area contributed by atoms with Crippen LogP contribution in [0.1, 0.15) is 28.4 Å². The second-order valence-corrected chi connectivity index (χ2v) is 4.97. The van der Waals surface area contributed by atoms with E-state index in [4.69, 9.17) is 14.2 Å². The molecule has 122 valence electrons. The van der Waals surface area contributed by atoms with Crippen LogP contribution in [0.15, 0.2) is 42.5 Å². The predicted molar refractivity (Wildman–Crippen MR) is 86.4 cm³/mol. The van der Waals surface area contributed by atoms with E-state index in [0.29, 0.717) is 28.4 Å². The molecule has 0 aromatic heterocycles. The minimum atomic E-state index is -0.962. The maximum Gasteiger partial charge on any atom is 0.203 e. The van der Waals surface area contributed by atoms with Gasteiger partial charge in [0.05, 0.1) is 27.4 Å². The summed E-state index contributed by atoms with van der Waals surface area (Å²) in [5, 5.41) is 10.4. The smallest absolute Gasteiger partial charge is 0.203 e. The molecule has 0 saturated heterocycles. The number of hydrogen-bond acceptors (Lipinski definition) is 5. The highest BCUT2D eigenvalue weighted by Crippen LogP contribution is 2.40. The third-order valence-electron chi connectivity index (χ3n) is 3.55. The summed E-state index contributed by atoms with van der Waals surface area (Å²) < 4.78 is 15.8. The van der Waals surface area contributed by atoms with Gasteiger partial charge in [0.15, 0.2) is 17.3 Å². The molecule has 23 heavy (non-hydrogen) atoms. The molecule has 1 N–H and O–H groups in total. The zero-order valence-electron chi connectivity index (χ0n) is 13.4. The summed E-state index contributed by atoms with van der Waals surface area (Å²) in [6.07, 6.45) is -0.987. The van der Waals surface area contributed by atoms with Crippen LogP contribution in [0, 0.1) is 0 Å². The summed E-state index contributed by atoms with van der Waals surface area (Å²) in [7, 11) is 4.51. The van der Waals surface area contributed by atoms with E-state index in [0.717, 1.165) is 0 Å². The molecule has 0 aliphatic carbocycles. The van der Waals surface area contributed by atoms with Gasteiger partial charge in [-0.25, -0.2) is 0 Å². The number of hydrogen-bond donors (Lipinski definition) is 1. The number of methoxy groups -OCH3 is 3. The predicted octanol–water partition coefficient (Wildman–Crippen LogP) is 3.02. The number of rotatable bonds is 7. The van der Waals surface area contributed by atoms with Gasteiger partial charge in [-0.15, -0.1) is 0 Å². The van der Waals surface area contributed by atoms with Gasteiger partial charge in [-0.3, -0.25) is 4.79 Å². The van der Waals surface area contributed by atoms with Crippen molar-refractivity contribution in [2.24, 2.45) is 0 Å². The summed E-state index contributed by atoms with van der Waals surface area (Å²) in [5.41, 5.74) is 1.10. The highest BCUT2D eigenvalue weighted by atomic mass is 16.5. The lowest BCUT2D eigenvalue weighted by atomic mass is 9.99. The van der Waals surface area contributed by atoms with E-state index in [1.807, 2.05) is 6.07 Å². The molecule has 0 unspecified atom stereocenters. The van der Waals surface area contributed by atoms with Gasteiger partial charge < -0.3 is 19.3 Å². The number of aliphatic hydroxyl groups is 1. The summed E-state index contributed by atoms with van der Waals surface area (Å²) >= 11 is 0. The van der Waals surface area contributed by atoms with E-state index < -0.39 is 6.10 Å². The summed E-state index contributed by atoms with van der Waals surface area (Å²) in [5.74, 6) is 1.19. The van der Waals surface area contributed by atoms with Gasteiger partial charge in [-0.1, -0.05) is 30.3 Å². The second kappa shape index (κ2) is 7.65. The summed E-state index contributed by atoms with van der Waals surface area (Å²) in [4.78, 5) is 12.2. The molecule has 0 bridgehead atoms. The molecule has 0 saturated carbocycles. The maximum atomic E-state index is 12.2. The minimum absolute atomic E-state index is 0.0251. The lowest BCUT2D eigenvalue weighted by Crippen LogP contribution is -2.08. The second-order valence-electron chi connectivity index (χ2n) is 4.97. The largest absolute Gasteiger partial charge is 0.493 e. The Kier molecular flexibility index (Phi) is 5.60. The molecule has 5 heteroatoms. The first kappa shape index (κ1) is 16.8. The number of ketones is 1. The van der Waals surface area contributed by atoms with Gasteiger partial charge in [0.2, 0.25) is 5.75 Å². The van der Waals surface area contributed by atoms with Crippen molar-refractivity contribution in [2.45, 2.75) is 12.5 Å². The molecule has 2 aromatic carbocycles. The third kappa shape index (κ3) is 3.81. The van der Waals surface area contributed by atoms with Crippen molar-refractivity contribution in [1.82, 2.24) is 0 Å². The van der Waals surface area contributed by atoms with Crippen LogP contribution in [-0.4, -0.2) is 32.2 Å². The lowest BCUT2D eigenvalue weighted by Gasteiger charge is -2.17. The molecule has 0 aliphatic heterocycles. The monoisotopic (exact) mass is 316 g/mol. The fourth-order valence-corrected chi connectivity index (χ4v) is 2.33. The molecule has 1 atom stereocenters. The highest BCUT2D eigenvalue weighted by Gasteiger charge is 2.20. The highest BCUT2D eigenvalue weighted by molar-refractivity contribution is 5.96. The van der Waals surface area contributed by atoms with Crippen LogP contribution in [-0.2, 0) is 0 Å². The fraction of sp³-hybridized carbons (Fsp3) is 0.278. The van der Waals surface area contributed by atoms with Crippen LogP contribution in [0.2, 0.25) is 0 Å². The van der Waals surface area contributed by atoms with Crippen LogP contribution in [0.5, 0.6) is 17.2 Å². The van der Waals surface area contributed by atoms with Crippen LogP contribution < -0.4 is 14.2 Å². The van der Waals surface area contributed by atoms with Crippen molar-refractivity contribution < 1.29 is 24.1 Å². The maximum absolute atomic E-state index is 12.2. The van der Waals surface area contributed by atoms with E-state index in [2.05, 4.69) is 0 Å². The van der Waals surface area contributed by atoms with Crippen molar-refractivity contribution >= 4 is 5.78 Å². The first-order chi connectivity index (χ1) is 11.1. The van der Waals surface area contributed by atoms with Gasteiger partial charge in [-0.2, -0.15) is 0 Å².